The molecular weight excluding hydrogens is 314 g/mol. The van der Waals surface area contributed by atoms with E-state index in [1.54, 1.807) is 17.5 Å². The molecule has 2 heterocycles. The van der Waals surface area contributed by atoms with Crippen LogP contribution in [0.1, 0.15) is 10.4 Å². The van der Waals surface area contributed by atoms with Gasteiger partial charge in [-0.15, -0.1) is 11.3 Å². The number of carbonyl (C=O) groups excluding carboxylic acids is 1. The van der Waals surface area contributed by atoms with E-state index in [9.17, 15) is 4.79 Å². The molecule has 6 heteroatoms. The Morgan fingerprint density at radius 2 is 2.22 bits per heavy atom. The summed E-state index contributed by atoms with van der Waals surface area (Å²) in [4.78, 5) is 12.6. The molecule has 1 atom stereocenters. The fourth-order valence-corrected chi connectivity index (χ4v) is 3.85. The topological polar surface area (TPSA) is 81.1 Å². The smallest absolute Gasteiger partial charge is 0.262 e. The van der Waals surface area contributed by atoms with Crippen LogP contribution in [0.5, 0.6) is 0 Å². The molecule has 3 rings (SSSR count). The minimum absolute atomic E-state index is 0.587. The van der Waals surface area contributed by atoms with Crippen LogP contribution >= 0.6 is 27.3 Å². The molecule has 18 heavy (non-hydrogen) atoms. The van der Waals surface area contributed by atoms with Gasteiger partial charge in [0.05, 0.1) is 0 Å². The molecule has 0 spiro atoms. The molecule has 4 nitrogen and oxygen atoms in total. The van der Waals surface area contributed by atoms with Crippen LogP contribution in [0.2, 0.25) is 0 Å². The zero-order valence-electron chi connectivity index (χ0n) is 9.24. The van der Waals surface area contributed by atoms with Crippen molar-refractivity contribution < 1.29 is 4.79 Å². The molecule has 1 unspecified atom stereocenters. The normalized spacial score (nSPS) is 21.7. The second-order valence-corrected chi connectivity index (χ2v) is 6.13. The number of nitrogens with two attached hydrogens (primary N) is 2. The lowest BCUT2D eigenvalue weighted by Gasteiger charge is -2.29. The zero-order chi connectivity index (χ0) is 12.9. The third-order valence-corrected chi connectivity index (χ3v) is 4.62. The summed E-state index contributed by atoms with van der Waals surface area (Å²) < 4.78 is 2.06. The molecule has 0 aliphatic carbocycles. The van der Waals surface area contributed by atoms with Gasteiger partial charge in [-0.2, -0.15) is 0 Å². The van der Waals surface area contributed by atoms with Crippen molar-refractivity contribution >= 4 is 49.3 Å². The highest BCUT2D eigenvalue weighted by Crippen LogP contribution is 2.39. The number of primary amides is 1. The quantitative estimate of drug-likeness (QED) is 0.749. The molecule has 5 N–H and O–H groups in total. The van der Waals surface area contributed by atoms with Crippen LogP contribution in [-0.4, -0.2) is 5.91 Å². The summed E-state index contributed by atoms with van der Waals surface area (Å²) in [5, 5.41) is 3.82. The van der Waals surface area contributed by atoms with Crippen LogP contribution in [0.4, 0.5) is 0 Å². The van der Waals surface area contributed by atoms with Crippen LogP contribution in [-0.2, 0) is 10.5 Å². The highest BCUT2D eigenvalue weighted by atomic mass is 79.9. The third-order valence-electron chi connectivity index (χ3n) is 3.01. The molecular formula is C12H10BrN3OS. The van der Waals surface area contributed by atoms with Gasteiger partial charge in [-0.3, -0.25) is 10.5 Å². The van der Waals surface area contributed by atoms with Crippen molar-refractivity contribution in [2.45, 2.75) is 5.66 Å². The van der Waals surface area contributed by atoms with E-state index in [0.29, 0.717) is 0 Å². The Hall–Kier alpha value is -1.37. The van der Waals surface area contributed by atoms with E-state index in [1.165, 1.54) is 0 Å². The second kappa shape index (κ2) is 3.81. The number of amides is 1. The van der Waals surface area contributed by atoms with Crippen LogP contribution < -0.4 is 16.8 Å². The zero-order valence-corrected chi connectivity index (χ0v) is 11.6. The average molecular weight is 324 g/mol. The first-order valence-corrected chi connectivity index (χ1v) is 6.89. The highest BCUT2D eigenvalue weighted by Gasteiger charge is 2.39. The first-order chi connectivity index (χ1) is 8.52. The number of fused-ring (bicyclic) bond motifs is 3. The van der Waals surface area contributed by atoms with Crippen molar-refractivity contribution in [2.75, 3.05) is 0 Å². The summed E-state index contributed by atoms with van der Waals surface area (Å²) in [5.74, 6) is -0.587. The lowest BCUT2D eigenvalue weighted by molar-refractivity contribution is -0.124. The summed E-state index contributed by atoms with van der Waals surface area (Å²) in [5.41, 5.74) is 11.0. The van der Waals surface area contributed by atoms with E-state index in [1.807, 2.05) is 24.3 Å². The summed E-state index contributed by atoms with van der Waals surface area (Å²) in [7, 11) is 0. The predicted molar refractivity (Wildman–Crippen MR) is 76.8 cm³/mol. The Balaban J connectivity index is 2.38. The Labute approximate surface area is 116 Å². The van der Waals surface area contributed by atoms with Crippen molar-refractivity contribution in [1.82, 2.24) is 5.32 Å². The number of hydrogen-bond donors (Lipinski definition) is 3. The SMILES string of the molecule is NC(=O)C1(N)NC=Cc2sc3cc(Br)ccc3c21. The van der Waals surface area contributed by atoms with Crippen molar-refractivity contribution in [1.29, 1.82) is 0 Å². The molecule has 2 aromatic rings. The van der Waals surface area contributed by atoms with Gasteiger partial charge >= 0.3 is 0 Å². The molecule has 1 amide bonds. The van der Waals surface area contributed by atoms with Crippen LogP contribution in [0.25, 0.3) is 16.2 Å². The Morgan fingerprint density at radius 1 is 1.44 bits per heavy atom. The largest absolute Gasteiger partial charge is 0.366 e. The standard InChI is InChI=1S/C12H10BrN3OS/c13-6-1-2-7-9(5-6)18-8-3-4-16-12(15,10(7)8)11(14)17/h1-5,16H,15H2,(H2,14,17). The summed E-state index contributed by atoms with van der Waals surface area (Å²) >= 11 is 5.02. The van der Waals surface area contributed by atoms with E-state index in [4.69, 9.17) is 11.5 Å². The first-order valence-electron chi connectivity index (χ1n) is 5.28. The van der Waals surface area contributed by atoms with Gasteiger partial charge in [-0.1, -0.05) is 22.0 Å². The Kier molecular flexibility index (Phi) is 2.48. The van der Waals surface area contributed by atoms with Crippen LogP contribution in [0, 0.1) is 0 Å². The summed E-state index contributed by atoms with van der Waals surface area (Å²) in [6, 6.07) is 5.88. The number of rotatable bonds is 1. The highest BCUT2D eigenvalue weighted by molar-refractivity contribution is 9.10. The molecule has 1 aliphatic rings. The van der Waals surface area contributed by atoms with Gasteiger partial charge in [0.1, 0.15) is 0 Å². The van der Waals surface area contributed by atoms with E-state index in [2.05, 4.69) is 21.2 Å². The number of carbonyl (C=O) groups is 1. The molecule has 0 radical (unpaired) electrons. The Morgan fingerprint density at radius 3 is 2.94 bits per heavy atom. The summed E-state index contributed by atoms with van der Waals surface area (Å²) in [6.45, 7) is 0. The minimum atomic E-state index is -1.34. The van der Waals surface area contributed by atoms with Crippen LogP contribution in [0.15, 0.2) is 28.9 Å². The van der Waals surface area contributed by atoms with E-state index < -0.39 is 11.6 Å². The number of halogens is 1. The molecule has 1 aliphatic heterocycles. The van der Waals surface area contributed by atoms with Crippen LogP contribution in [0.3, 0.4) is 0 Å². The molecule has 1 aromatic heterocycles. The van der Waals surface area contributed by atoms with E-state index in [-0.39, 0.29) is 0 Å². The molecule has 0 bridgehead atoms. The maximum Gasteiger partial charge on any atom is 0.262 e. The number of nitrogens with one attached hydrogen (secondary N) is 1. The molecule has 1 aromatic carbocycles. The predicted octanol–water partition coefficient (Wildman–Crippen LogP) is 1.83. The third kappa shape index (κ3) is 1.50. The first kappa shape index (κ1) is 11.7. The maximum absolute atomic E-state index is 11.6. The van der Waals surface area contributed by atoms with Crippen molar-refractivity contribution in [3.63, 3.8) is 0 Å². The average Bonchev–Trinajstić information content (AvgIpc) is 2.67. The minimum Gasteiger partial charge on any atom is -0.366 e. The van der Waals surface area contributed by atoms with Gasteiger partial charge < -0.3 is 11.1 Å². The maximum atomic E-state index is 11.6. The molecule has 0 saturated heterocycles. The summed E-state index contributed by atoms with van der Waals surface area (Å²) in [6.07, 6.45) is 3.57. The van der Waals surface area contributed by atoms with Gasteiger partial charge in [0.2, 0.25) is 0 Å². The van der Waals surface area contributed by atoms with Gasteiger partial charge in [-0.05, 0) is 18.2 Å². The fourth-order valence-electron chi connectivity index (χ4n) is 2.13. The van der Waals surface area contributed by atoms with Gasteiger partial charge in [-0.25, -0.2) is 0 Å². The fraction of sp³-hybridized carbons (Fsp3) is 0.0833. The van der Waals surface area contributed by atoms with Crippen molar-refractivity contribution in [2.24, 2.45) is 11.5 Å². The number of thiophene rings is 1. The second-order valence-electron chi connectivity index (χ2n) is 4.13. The molecule has 92 valence electrons. The van der Waals surface area contributed by atoms with Gasteiger partial charge in [0.25, 0.3) is 5.91 Å². The van der Waals surface area contributed by atoms with Crippen molar-refractivity contribution in [3.8, 4) is 0 Å². The van der Waals surface area contributed by atoms with E-state index in [0.717, 1.165) is 25.0 Å². The number of benzene rings is 1. The molecule has 0 fully saturated rings. The lowest BCUT2D eigenvalue weighted by Crippen LogP contribution is -2.58. The number of hydrogen-bond acceptors (Lipinski definition) is 4. The Bertz CT molecular complexity index is 694. The van der Waals surface area contributed by atoms with Gasteiger partial charge in [0.15, 0.2) is 5.66 Å². The van der Waals surface area contributed by atoms with Crippen molar-refractivity contribution in [3.05, 3.63) is 39.3 Å². The molecule has 0 saturated carbocycles. The lowest BCUT2D eigenvalue weighted by atomic mass is 9.94. The van der Waals surface area contributed by atoms with Gasteiger partial charge in [0, 0.05) is 31.2 Å². The monoisotopic (exact) mass is 323 g/mol. The van der Waals surface area contributed by atoms with E-state index >= 15 is 0 Å².